The maximum atomic E-state index is 13.7. The van der Waals surface area contributed by atoms with Gasteiger partial charge in [-0.2, -0.15) is 13.2 Å². The van der Waals surface area contributed by atoms with Gasteiger partial charge in [-0.15, -0.1) is 0 Å². The highest BCUT2D eigenvalue weighted by molar-refractivity contribution is 6.31. The molecule has 0 aliphatic heterocycles. The number of hydrogen-bond donors (Lipinski definition) is 1. The molecule has 10 heteroatoms. The fraction of sp³-hybridized carbons (Fsp3) is 0.0870. The lowest BCUT2D eigenvalue weighted by Gasteiger charge is -2.18. The van der Waals surface area contributed by atoms with Gasteiger partial charge in [0.2, 0.25) is 0 Å². The van der Waals surface area contributed by atoms with Gasteiger partial charge in [-0.05, 0) is 42.0 Å². The van der Waals surface area contributed by atoms with Gasteiger partial charge in [0, 0.05) is 33.7 Å². The molecule has 33 heavy (non-hydrogen) atoms. The van der Waals surface area contributed by atoms with Crippen LogP contribution in [0.2, 0.25) is 5.02 Å². The molecule has 4 aromatic rings. The fourth-order valence-electron chi connectivity index (χ4n) is 3.74. The van der Waals surface area contributed by atoms with Crippen LogP contribution in [-0.4, -0.2) is 17.0 Å². The van der Waals surface area contributed by atoms with E-state index in [0.29, 0.717) is 5.56 Å². The number of fused-ring (bicyclic) bond motifs is 1. The van der Waals surface area contributed by atoms with Crippen molar-refractivity contribution in [3.8, 4) is 28.0 Å². The number of nitrogens with one attached hydrogen (secondary N) is 1. The number of alkyl halides is 3. The number of H-pyrrole nitrogens is 1. The van der Waals surface area contributed by atoms with Crippen LogP contribution in [0.3, 0.4) is 0 Å². The number of methoxy groups -OCH3 is 1. The summed E-state index contributed by atoms with van der Waals surface area (Å²) in [6.45, 7) is 0. The Morgan fingerprint density at radius 1 is 1.03 bits per heavy atom. The van der Waals surface area contributed by atoms with Gasteiger partial charge in [0.15, 0.2) is 0 Å². The topological polar surface area (TPSA) is 85.2 Å². The molecule has 1 aromatic heterocycles. The lowest BCUT2D eigenvalue weighted by Crippen LogP contribution is -2.15. The number of halogens is 4. The molecule has 0 saturated carbocycles. The summed E-state index contributed by atoms with van der Waals surface area (Å²) in [4.78, 5) is 26.0. The average molecular weight is 475 g/mol. The normalized spacial score (nSPS) is 11.5. The van der Waals surface area contributed by atoms with Crippen LogP contribution in [0.4, 0.5) is 18.9 Å². The van der Waals surface area contributed by atoms with Crippen molar-refractivity contribution in [2.45, 2.75) is 6.18 Å². The highest BCUT2D eigenvalue weighted by Gasteiger charge is 2.34. The molecule has 168 valence electrons. The predicted octanol–water partition coefficient (Wildman–Crippen LogP) is 6.45. The molecule has 4 rings (SSSR count). The van der Waals surface area contributed by atoms with Crippen molar-refractivity contribution in [1.29, 1.82) is 0 Å². The highest BCUT2D eigenvalue weighted by Crippen LogP contribution is 2.43. The molecule has 1 heterocycles. The summed E-state index contributed by atoms with van der Waals surface area (Å²) in [7, 11) is 1.38. The van der Waals surface area contributed by atoms with E-state index in [2.05, 4.69) is 4.98 Å². The monoisotopic (exact) mass is 474 g/mol. The van der Waals surface area contributed by atoms with Gasteiger partial charge in [-0.25, -0.2) is 0 Å². The minimum absolute atomic E-state index is 0.0253. The van der Waals surface area contributed by atoms with Crippen LogP contribution in [-0.2, 0) is 6.18 Å². The first-order valence-corrected chi connectivity index (χ1v) is 9.84. The molecular weight excluding hydrogens is 461 g/mol. The van der Waals surface area contributed by atoms with Crippen molar-refractivity contribution in [3.63, 3.8) is 0 Å². The third kappa shape index (κ3) is 4.03. The Bertz CT molecular complexity index is 1450. The molecule has 0 fully saturated rings. The molecule has 0 bridgehead atoms. The van der Waals surface area contributed by atoms with E-state index in [-0.39, 0.29) is 38.5 Å². The molecule has 0 amide bonds. The van der Waals surface area contributed by atoms with E-state index in [1.165, 1.54) is 55.6 Å². The quantitative estimate of drug-likeness (QED) is 0.272. The summed E-state index contributed by atoms with van der Waals surface area (Å²) in [6, 6.07) is 13.3. The number of nitrogens with zero attached hydrogens (tertiary/aromatic N) is 1. The second-order valence-corrected chi connectivity index (χ2v) is 7.52. The van der Waals surface area contributed by atoms with Crippen LogP contribution in [0.25, 0.3) is 33.2 Å². The van der Waals surface area contributed by atoms with Crippen LogP contribution in [0, 0.1) is 10.1 Å². The van der Waals surface area contributed by atoms with Gasteiger partial charge in [-0.1, -0.05) is 23.7 Å². The van der Waals surface area contributed by atoms with Crippen molar-refractivity contribution in [1.82, 2.24) is 4.98 Å². The molecule has 0 aliphatic carbocycles. The number of rotatable bonds is 4. The van der Waals surface area contributed by atoms with Crippen molar-refractivity contribution >= 4 is 28.2 Å². The Labute approximate surface area is 189 Å². The van der Waals surface area contributed by atoms with Gasteiger partial charge in [0.05, 0.1) is 28.7 Å². The Balaban J connectivity index is 2.18. The van der Waals surface area contributed by atoms with E-state index in [9.17, 15) is 28.1 Å². The first-order valence-electron chi connectivity index (χ1n) is 9.46. The number of benzene rings is 3. The van der Waals surface area contributed by atoms with Crippen LogP contribution in [0.15, 0.2) is 65.5 Å². The molecule has 3 aromatic carbocycles. The van der Waals surface area contributed by atoms with Crippen molar-refractivity contribution in [2.24, 2.45) is 0 Å². The van der Waals surface area contributed by atoms with E-state index >= 15 is 0 Å². The smallest absolute Gasteiger partial charge is 0.418 e. The number of pyridine rings is 1. The van der Waals surface area contributed by atoms with Gasteiger partial charge >= 0.3 is 6.18 Å². The van der Waals surface area contributed by atoms with Crippen molar-refractivity contribution in [2.75, 3.05) is 7.11 Å². The summed E-state index contributed by atoms with van der Waals surface area (Å²) >= 11 is 6.18. The molecular formula is C23H14ClF3N2O4. The molecule has 0 unspecified atom stereocenters. The maximum Gasteiger partial charge on any atom is 0.418 e. The molecule has 6 nitrogen and oxygen atoms in total. The standard InChI is InChI=1S/C23H14ClF3N2O4/c1-33-18-10-7-13(24)11-16(18)20-15-3-2-4-17(23(25,26)27)21(15)28-22(30)19(20)12-5-8-14(9-6-12)29(31)32/h2-11H,1H3,(H,28,30). The number of aromatic nitrogens is 1. The lowest BCUT2D eigenvalue weighted by atomic mass is 9.90. The Kier molecular flexibility index (Phi) is 5.59. The van der Waals surface area contributed by atoms with Crippen LogP contribution < -0.4 is 10.3 Å². The van der Waals surface area contributed by atoms with Crippen molar-refractivity contribution < 1.29 is 22.8 Å². The Morgan fingerprint density at radius 2 is 1.73 bits per heavy atom. The molecule has 0 aliphatic rings. The summed E-state index contributed by atoms with van der Waals surface area (Å²) in [5, 5.41) is 11.4. The second-order valence-electron chi connectivity index (χ2n) is 7.08. The van der Waals surface area contributed by atoms with Crippen LogP contribution >= 0.6 is 11.6 Å². The third-order valence-corrected chi connectivity index (χ3v) is 5.39. The number of nitro benzene ring substituents is 1. The first-order chi connectivity index (χ1) is 15.6. The lowest BCUT2D eigenvalue weighted by molar-refractivity contribution is -0.384. The molecule has 0 saturated heterocycles. The number of non-ortho nitro benzene ring substituents is 1. The summed E-state index contributed by atoms with van der Waals surface area (Å²) in [5.41, 5.74) is -1.63. The minimum atomic E-state index is -4.72. The maximum absolute atomic E-state index is 13.7. The minimum Gasteiger partial charge on any atom is -0.496 e. The van der Waals surface area contributed by atoms with E-state index in [1.807, 2.05) is 0 Å². The zero-order chi connectivity index (χ0) is 23.9. The zero-order valence-electron chi connectivity index (χ0n) is 16.9. The highest BCUT2D eigenvalue weighted by atomic mass is 35.5. The average Bonchev–Trinajstić information content (AvgIpc) is 2.77. The Morgan fingerprint density at radius 3 is 2.33 bits per heavy atom. The number of ether oxygens (including phenoxy) is 1. The number of aromatic amines is 1. The largest absolute Gasteiger partial charge is 0.496 e. The second kappa shape index (κ2) is 8.25. The van der Waals surface area contributed by atoms with Gasteiger partial charge < -0.3 is 9.72 Å². The third-order valence-electron chi connectivity index (χ3n) is 5.15. The number of nitro groups is 1. The molecule has 0 radical (unpaired) electrons. The Hall–Kier alpha value is -3.85. The van der Waals surface area contributed by atoms with E-state index in [0.717, 1.165) is 6.07 Å². The fourth-order valence-corrected chi connectivity index (χ4v) is 3.91. The van der Waals surface area contributed by atoms with Crippen LogP contribution in [0.1, 0.15) is 5.56 Å². The van der Waals surface area contributed by atoms with Crippen LogP contribution in [0.5, 0.6) is 5.75 Å². The van der Waals surface area contributed by atoms with E-state index in [4.69, 9.17) is 16.3 Å². The summed E-state index contributed by atoms with van der Waals surface area (Å²) < 4.78 is 46.5. The van der Waals surface area contributed by atoms with Gasteiger partial charge in [0.25, 0.3) is 11.2 Å². The summed E-state index contributed by atoms with van der Waals surface area (Å²) in [5.74, 6) is 0.284. The molecule has 0 atom stereocenters. The van der Waals surface area contributed by atoms with E-state index < -0.39 is 27.7 Å². The van der Waals surface area contributed by atoms with Gasteiger partial charge in [0.1, 0.15) is 5.75 Å². The SMILES string of the molecule is COc1ccc(Cl)cc1-c1c(-c2ccc([N+](=O)[O-])cc2)c(=O)[nH]c2c(C(F)(F)F)cccc12. The summed E-state index contributed by atoms with van der Waals surface area (Å²) in [6.07, 6.45) is -4.72. The molecule has 0 spiro atoms. The molecule has 1 N–H and O–H groups in total. The first kappa shape index (κ1) is 22.3. The van der Waals surface area contributed by atoms with Gasteiger partial charge in [-0.3, -0.25) is 14.9 Å². The predicted molar refractivity (Wildman–Crippen MR) is 119 cm³/mol. The number of para-hydroxylation sites is 1. The zero-order valence-corrected chi connectivity index (χ0v) is 17.6. The number of hydrogen-bond acceptors (Lipinski definition) is 4. The van der Waals surface area contributed by atoms with E-state index in [1.54, 1.807) is 6.07 Å². The van der Waals surface area contributed by atoms with Crippen molar-refractivity contribution in [3.05, 3.63) is 91.7 Å².